The van der Waals surface area contributed by atoms with E-state index in [9.17, 15) is 0 Å². The van der Waals surface area contributed by atoms with E-state index in [0.29, 0.717) is 6.54 Å². The second-order valence-electron chi connectivity index (χ2n) is 3.50. The van der Waals surface area contributed by atoms with Crippen LogP contribution in [0.1, 0.15) is 24.5 Å². The van der Waals surface area contributed by atoms with Crippen molar-refractivity contribution in [3.05, 3.63) is 16.1 Å². The Hall–Kier alpha value is -0.490. The van der Waals surface area contributed by atoms with Crippen LogP contribution in [-0.2, 0) is 17.8 Å². The first-order chi connectivity index (χ1) is 7.80. The Morgan fingerprint density at radius 2 is 2.31 bits per heavy atom. The number of nitrogens with two attached hydrogens (primary N) is 1. The van der Waals surface area contributed by atoms with Gasteiger partial charge in [0.05, 0.1) is 12.3 Å². The zero-order chi connectivity index (χ0) is 11.8. The molecule has 4 nitrogen and oxygen atoms in total. The molecular formula is C11H21N3OS. The molecule has 0 radical (unpaired) electrons. The molecular weight excluding hydrogens is 222 g/mol. The zero-order valence-electron chi connectivity index (χ0n) is 10.1. The van der Waals surface area contributed by atoms with Gasteiger partial charge in [-0.1, -0.05) is 6.92 Å². The molecule has 0 bridgehead atoms. The standard InChI is InChI=1S/C11H21N3OS/c1-3-14(5-6-15-4-2)8-10-9-16-11(7-12)13-10/h9H,3-8,12H2,1-2H3. The van der Waals surface area contributed by atoms with Crippen LogP contribution in [0.25, 0.3) is 0 Å². The molecule has 0 aliphatic heterocycles. The van der Waals surface area contributed by atoms with Crippen LogP contribution in [0.3, 0.4) is 0 Å². The molecule has 0 aromatic carbocycles. The van der Waals surface area contributed by atoms with Gasteiger partial charge in [0.2, 0.25) is 0 Å². The molecule has 92 valence electrons. The van der Waals surface area contributed by atoms with E-state index in [1.54, 1.807) is 11.3 Å². The summed E-state index contributed by atoms with van der Waals surface area (Å²) in [4.78, 5) is 6.78. The van der Waals surface area contributed by atoms with Gasteiger partial charge < -0.3 is 10.5 Å². The van der Waals surface area contributed by atoms with E-state index in [0.717, 1.165) is 43.5 Å². The van der Waals surface area contributed by atoms with E-state index in [-0.39, 0.29) is 0 Å². The largest absolute Gasteiger partial charge is 0.380 e. The van der Waals surface area contributed by atoms with E-state index < -0.39 is 0 Å². The lowest BCUT2D eigenvalue weighted by atomic mass is 10.4. The van der Waals surface area contributed by atoms with Gasteiger partial charge in [-0.2, -0.15) is 0 Å². The highest BCUT2D eigenvalue weighted by Gasteiger charge is 2.06. The highest BCUT2D eigenvalue weighted by Crippen LogP contribution is 2.10. The fraction of sp³-hybridized carbons (Fsp3) is 0.727. The first-order valence-corrected chi connectivity index (χ1v) is 6.61. The molecule has 0 saturated carbocycles. The number of ether oxygens (including phenoxy) is 1. The van der Waals surface area contributed by atoms with Gasteiger partial charge in [0, 0.05) is 31.6 Å². The van der Waals surface area contributed by atoms with Crippen LogP contribution >= 0.6 is 11.3 Å². The Kier molecular flexibility index (Phi) is 6.56. The summed E-state index contributed by atoms with van der Waals surface area (Å²) in [6, 6.07) is 0. The third-order valence-electron chi connectivity index (χ3n) is 2.36. The SMILES string of the molecule is CCOCCN(CC)Cc1csc(CN)n1. The average Bonchev–Trinajstić information content (AvgIpc) is 2.75. The van der Waals surface area contributed by atoms with Crippen molar-refractivity contribution in [2.75, 3.05) is 26.3 Å². The Morgan fingerprint density at radius 3 is 2.88 bits per heavy atom. The number of aromatic nitrogens is 1. The first-order valence-electron chi connectivity index (χ1n) is 5.73. The molecule has 5 heteroatoms. The summed E-state index contributed by atoms with van der Waals surface area (Å²) in [5.74, 6) is 0. The first kappa shape index (κ1) is 13.6. The number of hydrogen-bond donors (Lipinski definition) is 1. The van der Waals surface area contributed by atoms with E-state index in [1.165, 1.54) is 0 Å². The minimum Gasteiger partial charge on any atom is -0.380 e. The van der Waals surface area contributed by atoms with Crippen LogP contribution in [-0.4, -0.2) is 36.2 Å². The van der Waals surface area contributed by atoms with Gasteiger partial charge >= 0.3 is 0 Å². The number of thiazole rings is 1. The molecule has 1 rings (SSSR count). The molecule has 1 aromatic rings. The van der Waals surface area contributed by atoms with E-state index in [4.69, 9.17) is 10.5 Å². The molecule has 0 atom stereocenters. The van der Waals surface area contributed by atoms with Crippen molar-refractivity contribution >= 4 is 11.3 Å². The highest BCUT2D eigenvalue weighted by molar-refractivity contribution is 7.09. The quantitative estimate of drug-likeness (QED) is 0.702. The lowest BCUT2D eigenvalue weighted by Gasteiger charge is -2.18. The van der Waals surface area contributed by atoms with Gasteiger partial charge in [-0.25, -0.2) is 4.98 Å². The zero-order valence-corrected chi connectivity index (χ0v) is 10.9. The maximum atomic E-state index is 5.54. The third kappa shape index (κ3) is 4.57. The molecule has 0 saturated heterocycles. The lowest BCUT2D eigenvalue weighted by molar-refractivity contribution is 0.112. The predicted molar refractivity (Wildman–Crippen MR) is 67.4 cm³/mol. The monoisotopic (exact) mass is 243 g/mol. The van der Waals surface area contributed by atoms with Crippen molar-refractivity contribution in [2.24, 2.45) is 5.73 Å². The summed E-state index contributed by atoms with van der Waals surface area (Å²) in [5, 5.41) is 3.10. The topological polar surface area (TPSA) is 51.4 Å². The predicted octanol–water partition coefficient (Wildman–Crippen LogP) is 1.46. The fourth-order valence-electron chi connectivity index (χ4n) is 1.43. The van der Waals surface area contributed by atoms with Gasteiger partial charge in [0.25, 0.3) is 0 Å². The van der Waals surface area contributed by atoms with Crippen molar-refractivity contribution in [3.63, 3.8) is 0 Å². The lowest BCUT2D eigenvalue weighted by Crippen LogP contribution is -2.27. The summed E-state index contributed by atoms with van der Waals surface area (Å²) in [5.41, 5.74) is 6.65. The molecule has 1 heterocycles. The number of rotatable bonds is 8. The molecule has 0 fully saturated rings. The van der Waals surface area contributed by atoms with E-state index >= 15 is 0 Å². The van der Waals surface area contributed by atoms with Crippen LogP contribution in [0, 0.1) is 0 Å². The van der Waals surface area contributed by atoms with Gasteiger partial charge in [-0.3, -0.25) is 4.90 Å². The Balaban J connectivity index is 2.36. The van der Waals surface area contributed by atoms with Crippen molar-refractivity contribution < 1.29 is 4.74 Å². The molecule has 0 unspecified atom stereocenters. The normalized spacial score (nSPS) is 11.2. The minimum atomic E-state index is 0.537. The van der Waals surface area contributed by atoms with Crippen LogP contribution in [0.2, 0.25) is 0 Å². The molecule has 0 aliphatic rings. The summed E-state index contributed by atoms with van der Waals surface area (Å²) in [6.45, 7) is 9.15. The van der Waals surface area contributed by atoms with Crippen LogP contribution in [0.15, 0.2) is 5.38 Å². The Labute approximate surface area is 101 Å². The number of hydrogen-bond acceptors (Lipinski definition) is 5. The Morgan fingerprint density at radius 1 is 1.50 bits per heavy atom. The molecule has 0 aliphatic carbocycles. The molecule has 16 heavy (non-hydrogen) atoms. The summed E-state index contributed by atoms with van der Waals surface area (Å²) in [7, 11) is 0. The maximum absolute atomic E-state index is 5.54. The second-order valence-corrected chi connectivity index (χ2v) is 4.45. The van der Waals surface area contributed by atoms with Crippen molar-refractivity contribution in [1.82, 2.24) is 9.88 Å². The maximum Gasteiger partial charge on any atom is 0.106 e. The second kappa shape index (κ2) is 7.73. The van der Waals surface area contributed by atoms with Gasteiger partial charge in [0.1, 0.15) is 5.01 Å². The van der Waals surface area contributed by atoms with Crippen LogP contribution in [0.4, 0.5) is 0 Å². The van der Waals surface area contributed by atoms with Gasteiger partial charge in [-0.15, -0.1) is 11.3 Å². The van der Waals surface area contributed by atoms with E-state index in [2.05, 4.69) is 22.2 Å². The number of likely N-dealkylation sites (N-methyl/N-ethyl adjacent to an activating group) is 1. The van der Waals surface area contributed by atoms with Gasteiger partial charge in [-0.05, 0) is 13.5 Å². The van der Waals surface area contributed by atoms with Crippen molar-refractivity contribution in [2.45, 2.75) is 26.9 Å². The van der Waals surface area contributed by atoms with Crippen molar-refractivity contribution in [3.8, 4) is 0 Å². The van der Waals surface area contributed by atoms with Gasteiger partial charge in [0.15, 0.2) is 0 Å². The molecule has 2 N–H and O–H groups in total. The molecule has 1 aromatic heterocycles. The van der Waals surface area contributed by atoms with E-state index in [1.807, 2.05) is 6.92 Å². The third-order valence-corrected chi connectivity index (χ3v) is 3.28. The summed E-state index contributed by atoms with van der Waals surface area (Å²) in [6.07, 6.45) is 0. The Bertz CT molecular complexity index is 291. The fourth-order valence-corrected chi connectivity index (χ4v) is 2.10. The molecule has 0 amide bonds. The highest BCUT2D eigenvalue weighted by atomic mass is 32.1. The number of nitrogens with zero attached hydrogens (tertiary/aromatic N) is 2. The average molecular weight is 243 g/mol. The van der Waals surface area contributed by atoms with Crippen LogP contribution < -0.4 is 5.73 Å². The van der Waals surface area contributed by atoms with Crippen molar-refractivity contribution in [1.29, 1.82) is 0 Å². The smallest absolute Gasteiger partial charge is 0.106 e. The van der Waals surface area contributed by atoms with Crippen LogP contribution in [0.5, 0.6) is 0 Å². The molecule has 0 spiro atoms. The summed E-state index contributed by atoms with van der Waals surface area (Å²) < 4.78 is 5.35. The minimum absolute atomic E-state index is 0.537. The summed E-state index contributed by atoms with van der Waals surface area (Å²) >= 11 is 1.64.